The van der Waals surface area contributed by atoms with Crippen LogP contribution in [-0.2, 0) is 13.6 Å². The molecule has 0 saturated carbocycles. The van der Waals surface area contributed by atoms with Gasteiger partial charge >= 0.3 is 0 Å². The van der Waals surface area contributed by atoms with E-state index in [2.05, 4.69) is 20.7 Å². The lowest BCUT2D eigenvalue weighted by atomic mass is 10.2. The van der Waals surface area contributed by atoms with Crippen LogP contribution in [0.5, 0.6) is 0 Å². The number of hydrogen-bond acceptors (Lipinski definition) is 5. The van der Waals surface area contributed by atoms with Gasteiger partial charge in [-0.2, -0.15) is 16.6 Å². The molecule has 1 aromatic heterocycles. The largest absolute Gasteiger partial charge is 0.306 e. The number of thioether (sulfide) groups is 1. The highest BCUT2D eigenvalue weighted by molar-refractivity contribution is 7.99. The first kappa shape index (κ1) is 8.96. The summed E-state index contributed by atoms with van der Waals surface area (Å²) in [5, 5.41) is 15.2. The van der Waals surface area contributed by atoms with Crippen LogP contribution in [0.1, 0.15) is 12.2 Å². The normalized spacial score (nSPS) is 22.4. The van der Waals surface area contributed by atoms with E-state index in [-0.39, 0.29) is 0 Å². The minimum absolute atomic E-state index is 0.633. The van der Waals surface area contributed by atoms with Crippen LogP contribution < -0.4 is 5.32 Å². The van der Waals surface area contributed by atoms with Crippen LogP contribution in [0.2, 0.25) is 0 Å². The molecule has 13 heavy (non-hydrogen) atoms. The van der Waals surface area contributed by atoms with E-state index in [0.717, 1.165) is 12.4 Å². The second-order valence-electron chi connectivity index (χ2n) is 3.14. The molecule has 2 heterocycles. The van der Waals surface area contributed by atoms with Crippen LogP contribution in [0, 0.1) is 0 Å². The predicted molar refractivity (Wildman–Crippen MR) is 51.4 cm³/mol. The average molecular weight is 199 g/mol. The van der Waals surface area contributed by atoms with Gasteiger partial charge in [0.2, 0.25) is 0 Å². The molecule has 72 valence electrons. The van der Waals surface area contributed by atoms with Crippen molar-refractivity contribution in [2.75, 3.05) is 11.5 Å². The van der Waals surface area contributed by atoms with E-state index in [1.54, 1.807) is 7.05 Å². The highest BCUT2D eigenvalue weighted by atomic mass is 32.2. The Balaban J connectivity index is 1.78. The van der Waals surface area contributed by atoms with E-state index < -0.39 is 0 Å². The molecular formula is C7H13N5S. The quantitative estimate of drug-likeness (QED) is 0.731. The van der Waals surface area contributed by atoms with Crippen molar-refractivity contribution in [1.29, 1.82) is 0 Å². The maximum atomic E-state index is 4.10. The van der Waals surface area contributed by atoms with Gasteiger partial charge in [0.1, 0.15) is 0 Å². The standard InChI is InChI=1S/C7H13N5S/c1-12-10-7(9-11-12)4-8-6-2-3-13-5-6/h6,8H,2-5H2,1H3. The number of hydrogen-bond donors (Lipinski definition) is 1. The summed E-state index contributed by atoms with van der Waals surface area (Å²) in [4.78, 5) is 1.49. The number of aromatic nitrogens is 4. The Morgan fingerprint density at radius 2 is 2.62 bits per heavy atom. The number of rotatable bonds is 3. The molecule has 1 aliphatic heterocycles. The van der Waals surface area contributed by atoms with E-state index in [4.69, 9.17) is 0 Å². The Morgan fingerprint density at radius 3 is 3.23 bits per heavy atom. The topological polar surface area (TPSA) is 55.6 Å². The Morgan fingerprint density at radius 1 is 1.69 bits per heavy atom. The van der Waals surface area contributed by atoms with Gasteiger partial charge in [0.15, 0.2) is 5.82 Å². The lowest BCUT2D eigenvalue weighted by Crippen LogP contribution is -2.28. The second kappa shape index (κ2) is 4.06. The van der Waals surface area contributed by atoms with E-state index in [1.165, 1.54) is 22.7 Å². The van der Waals surface area contributed by atoms with Gasteiger partial charge in [0.25, 0.3) is 0 Å². The molecule has 2 rings (SSSR count). The monoisotopic (exact) mass is 199 g/mol. The maximum absolute atomic E-state index is 4.10. The Labute approximate surface area is 81.3 Å². The third-order valence-electron chi connectivity index (χ3n) is 2.03. The summed E-state index contributed by atoms with van der Waals surface area (Å²) in [6.07, 6.45) is 1.25. The minimum Gasteiger partial charge on any atom is -0.306 e. The number of tetrazole rings is 1. The van der Waals surface area contributed by atoms with E-state index in [9.17, 15) is 0 Å². The predicted octanol–water partition coefficient (Wildman–Crippen LogP) is -0.195. The fourth-order valence-corrected chi connectivity index (χ4v) is 2.51. The molecule has 1 fully saturated rings. The van der Waals surface area contributed by atoms with Crippen molar-refractivity contribution in [2.24, 2.45) is 7.05 Å². The molecule has 1 N–H and O–H groups in total. The first-order valence-corrected chi connectivity index (χ1v) is 5.54. The SMILES string of the molecule is Cn1nnc(CNC2CCSC2)n1. The summed E-state index contributed by atoms with van der Waals surface area (Å²) in [7, 11) is 1.78. The summed E-state index contributed by atoms with van der Waals surface area (Å²) in [6.45, 7) is 0.735. The van der Waals surface area contributed by atoms with Crippen LogP contribution >= 0.6 is 11.8 Å². The Hall–Kier alpha value is -0.620. The summed E-state index contributed by atoms with van der Waals surface area (Å²) in [6, 6.07) is 0.633. The number of aryl methyl sites for hydroxylation is 1. The van der Waals surface area contributed by atoms with Crippen molar-refractivity contribution >= 4 is 11.8 Å². The van der Waals surface area contributed by atoms with Gasteiger partial charge in [0, 0.05) is 11.8 Å². The third-order valence-corrected chi connectivity index (χ3v) is 3.19. The van der Waals surface area contributed by atoms with Crippen molar-refractivity contribution in [2.45, 2.75) is 19.0 Å². The van der Waals surface area contributed by atoms with Gasteiger partial charge in [-0.05, 0) is 17.4 Å². The highest BCUT2D eigenvalue weighted by Crippen LogP contribution is 2.16. The molecule has 1 aromatic rings. The zero-order valence-corrected chi connectivity index (χ0v) is 8.42. The van der Waals surface area contributed by atoms with Crippen LogP contribution in [-0.4, -0.2) is 37.8 Å². The molecule has 1 saturated heterocycles. The number of nitrogens with zero attached hydrogens (tertiary/aromatic N) is 4. The van der Waals surface area contributed by atoms with Crippen molar-refractivity contribution in [3.8, 4) is 0 Å². The van der Waals surface area contributed by atoms with Gasteiger partial charge in [-0.1, -0.05) is 0 Å². The van der Waals surface area contributed by atoms with Gasteiger partial charge in [-0.25, -0.2) is 0 Å². The second-order valence-corrected chi connectivity index (χ2v) is 4.29. The molecule has 6 heteroatoms. The molecule has 0 aromatic carbocycles. The first-order chi connectivity index (χ1) is 6.34. The van der Waals surface area contributed by atoms with E-state index >= 15 is 0 Å². The van der Waals surface area contributed by atoms with Crippen LogP contribution in [0.15, 0.2) is 0 Å². The molecule has 5 nitrogen and oxygen atoms in total. The first-order valence-electron chi connectivity index (χ1n) is 4.38. The highest BCUT2D eigenvalue weighted by Gasteiger charge is 2.15. The van der Waals surface area contributed by atoms with Crippen molar-refractivity contribution in [1.82, 2.24) is 25.5 Å². The van der Waals surface area contributed by atoms with Gasteiger partial charge < -0.3 is 5.32 Å². The summed E-state index contributed by atoms with van der Waals surface area (Å²) in [5.41, 5.74) is 0. The van der Waals surface area contributed by atoms with Crippen molar-refractivity contribution in [3.05, 3.63) is 5.82 Å². The third kappa shape index (κ3) is 2.41. The van der Waals surface area contributed by atoms with Crippen LogP contribution in [0.4, 0.5) is 0 Å². The lowest BCUT2D eigenvalue weighted by molar-refractivity contribution is 0.542. The van der Waals surface area contributed by atoms with Gasteiger partial charge in [0.05, 0.1) is 13.6 Å². The Kier molecular flexibility index (Phi) is 2.80. The average Bonchev–Trinajstić information content (AvgIpc) is 2.71. The summed E-state index contributed by atoms with van der Waals surface area (Å²) in [5.74, 6) is 3.26. The number of nitrogens with one attached hydrogen (secondary N) is 1. The minimum atomic E-state index is 0.633. The smallest absolute Gasteiger partial charge is 0.188 e. The molecule has 0 amide bonds. The molecule has 0 bridgehead atoms. The van der Waals surface area contributed by atoms with E-state index in [1.807, 2.05) is 11.8 Å². The lowest BCUT2D eigenvalue weighted by Gasteiger charge is -2.07. The maximum Gasteiger partial charge on any atom is 0.188 e. The molecule has 1 aliphatic rings. The zero-order valence-electron chi connectivity index (χ0n) is 7.60. The molecule has 1 atom stereocenters. The molecule has 0 spiro atoms. The fourth-order valence-electron chi connectivity index (χ4n) is 1.33. The van der Waals surface area contributed by atoms with E-state index in [0.29, 0.717) is 6.04 Å². The molecule has 1 unspecified atom stereocenters. The molecule has 0 radical (unpaired) electrons. The fraction of sp³-hybridized carbons (Fsp3) is 0.857. The summed E-state index contributed by atoms with van der Waals surface area (Å²) >= 11 is 2.00. The van der Waals surface area contributed by atoms with Gasteiger partial charge in [-0.3, -0.25) is 0 Å². The van der Waals surface area contributed by atoms with Crippen molar-refractivity contribution < 1.29 is 0 Å². The van der Waals surface area contributed by atoms with Crippen LogP contribution in [0.25, 0.3) is 0 Å². The van der Waals surface area contributed by atoms with Crippen molar-refractivity contribution in [3.63, 3.8) is 0 Å². The van der Waals surface area contributed by atoms with Gasteiger partial charge in [-0.15, -0.1) is 10.2 Å². The Bertz CT molecular complexity index is 268. The zero-order chi connectivity index (χ0) is 9.10. The van der Waals surface area contributed by atoms with Crippen LogP contribution in [0.3, 0.4) is 0 Å². The molecule has 0 aliphatic carbocycles. The summed E-state index contributed by atoms with van der Waals surface area (Å²) < 4.78 is 0. The molecular weight excluding hydrogens is 186 g/mol.